The van der Waals surface area contributed by atoms with Crippen molar-refractivity contribution in [3.05, 3.63) is 51.9 Å². The van der Waals surface area contributed by atoms with E-state index in [9.17, 15) is 23.3 Å². The Balaban J connectivity index is 1.59. The van der Waals surface area contributed by atoms with Gasteiger partial charge in [-0.25, -0.2) is 8.42 Å². The van der Waals surface area contributed by atoms with Crippen molar-refractivity contribution >= 4 is 38.6 Å². The van der Waals surface area contributed by atoms with Crippen LogP contribution in [0.5, 0.6) is 0 Å². The van der Waals surface area contributed by atoms with Crippen LogP contribution < -0.4 is 10.2 Å². The molecule has 1 fully saturated rings. The Kier molecular flexibility index (Phi) is 6.08. The number of amides is 1. The first-order valence-corrected chi connectivity index (χ1v) is 11.0. The van der Waals surface area contributed by atoms with E-state index in [1.54, 1.807) is 30.5 Å². The third-order valence-corrected chi connectivity index (χ3v) is 8.06. The molecule has 0 bridgehead atoms. The van der Waals surface area contributed by atoms with Crippen molar-refractivity contribution in [1.82, 2.24) is 4.31 Å². The van der Waals surface area contributed by atoms with Crippen LogP contribution >= 0.6 is 11.3 Å². The molecule has 3 rings (SSSR count). The zero-order valence-corrected chi connectivity index (χ0v) is 16.8. The first-order chi connectivity index (χ1) is 13.3. The van der Waals surface area contributed by atoms with Gasteiger partial charge >= 0.3 is 0 Å². The van der Waals surface area contributed by atoms with Gasteiger partial charge < -0.3 is 10.2 Å². The third kappa shape index (κ3) is 4.38. The van der Waals surface area contributed by atoms with Crippen LogP contribution in [0.25, 0.3) is 0 Å². The predicted molar refractivity (Wildman–Crippen MR) is 105 cm³/mol. The normalized spacial score (nSPS) is 17.2. The number of piperazine rings is 1. The highest BCUT2D eigenvalue weighted by Gasteiger charge is 2.34. The quantitative estimate of drug-likeness (QED) is 0.519. The Labute approximate surface area is 166 Å². The van der Waals surface area contributed by atoms with Crippen LogP contribution in [0.3, 0.4) is 0 Å². The van der Waals surface area contributed by atoms with Crippen LogP contribution in [0.1, 0.15) is 6.92 Å². The van der Waals surface area contributed by atoms with E-state index in [4.69, 9.17) is 0 Å². The monoisotopic (exact) mass is 425 g/mol. The minimum atomic E-state index is -3.48. The lowest BCUT2D eigenvalue weighted by Crippen LogP contribution is -3.19. The number of nitrogens with one attached hydrogen (secondary N) is 2. The second-order valence-electron chi connectivity index (χ2n) is 6.51. The lowest BCUT2D eigenvalue weighted by molar-refractivity contribution is -0.917. The van der Waals surface area contributed by atoms with Crippen LogP contribution in [0, 0.1) is 10.1 Å². The highest BCUT2D eigenvalue weighted by molar-refractivity contribution is 7.91. The highest BCUT2D eigenvalue weighted by atomic mass is 32.2. The molecule has 0 unspecified atom stereocenters. The lowest BCUT2D eigenvalue weighted by Gasteiger charge is -2.33. The maximum Gasteiger partial charge on any atom is 0.282 e. The van der Waals surface area contributed by atoms with Gasteiger partial charge in [-0.3, -0.25) is 14.9 Å². The fraction of sp³-hybridized carbons (Fsp3) is 0.353. The molecule has 2 N–H and O–H groups in total. The van der Waals surface area contributed by atoms with Crippen LogP contribution in [-0.4, -0.2) is 55.8 Å². The zero-order chi connectivity index (χ0) is 20.3. The molecule has 150 valence electrons. The summed E-state index contributed by atoms with van der Waals surface area (Å²) in [6, 6.07) is 8.67. The molecule has 0 aliphatic carbocycles. The van der Waals surface area contributed by atoms with Crippen molar-refractivity contribution in [2.75, 3.05) is 31.5 Å². The van der Waals surface area contributed by atoms with E-state index in [2.05, 4.69) is 5.32 Å². The number of anilines is 1. The number of nitro groups is 1. The molecule has 1 atom stereocenters. The Morgan fingerprint density at radius 1 is 1.29 bits per heavy atom. The molecule has 0 radical (unpaired) electrons. The van der Waals surface area contributed by atoms with Gasteiger partial charge in [-0.15, -0.1) is 11.3 Å². The number of rotatable bonds is 6. The predicted octanol–water partition coefficient (Wildman–Crippen LogP) is 0.573. The van der Waals surface area contributed by atoms with Gasteiger partial charge in [0, 0.05) is 17.8 Å². The van der Waals surface area contributed by atoms with Gasteiger partial charge in [0.05, 0.1) is 31.1 Å². The van der Waals surface area contributed by atoms with E-state index in [0.717, 1.165) is 4.90 Å². The van der Waals surface area contributed by atoms with Gasteiger partial charge in [0.2, 0.25) is 0 Å². The number of thiophene rings is 1. The molecule has 1 amide bonds. The molecule has 1 aromatic carbocycles. The van der Waals surface area contributed by atoms with Crippen LogP contribution in [0.15, 0.2) is 46.0 Å². The molecule has 28 heavy (non-hydrogen) atoms. The standard InChI is InChI=1S/C17H20N4O5S2/c1-13(17(22)18-14-4-2-5-15(12-14)21(23)24)19-7-9-20(10-8-19)28(25,26)16-6-3-11-27-16/h2-6,11-13H,7-10H2,1H3,(H,18,22)/p+1/t13-/m1/s1. The number of nitro benzene ring substituents is 1. The molecular formula is C17H21N4O5S2+. The van der Waals surface area contributed by atoms with Crippen molar-refractivity contribution < 1.29 is 23.0 Å². The number of non-ortho nitro benzene ring substituents is 1. The number of quaternary nitrogens is 1. The molecular weight excluding hydrogens is 404 g/mol. The molecule has 2 aromatic rings. The second kappa shape index (κ2) is 8.35. The van der Waals surface area contributed by atoms with Crippen molar-refractivity contribution in [2.45, 2.75) is 17.2 Å². The Bertz CT molecular complexity index is 954. The van der Waals surface area contributed by atoms with E-state index >= 15 is 0 Å². The number of sulfonamides is 1. The van der Waals surface area contributed by atoms with Gasteiger partial charge in [-0.1, -0.05) is 12.1 Å². The fourth-order valence-corrected chi connectivity index (χ4v) is 5.70. The first kappa shape index (κ1) is 20.4. The Hall–Kier alpha value is -2.34. The summed E-state index contributed by atoms with van der Waals surface area (Å²) in [7, 11) is -3.48. The van der Waals surface area contributed by atoms with Crippen molar-refractivity contribution in [3.8, 4) is 0 Å². The summed E-state index contributed by atoms with van der Waals surface area (Å²) in [6.45, 7) is 3.46. The van der Waals surface area contributed by atoms with E-state index in [1.807, 2.05) is 0 Å². The van der Waals surface area contributed by atoms with E-state index in [1.165, 1.54) is 33.8 Å². The molecule has 1 aliphatic heterocycles. The number of hydrogen-bond acceptors (Lipinski definition) is 6. The number of carbonyl (C=O) groups is 1. The summed E-state index contributed by atoms with van der Waals surface area (Å²) in [6.07, 6.45) is 0. The molecule has 1 aromatic heterocycles. The van der Waals surface area contributed by atoms with Gasteiger partial charge in [-0.05, 0) is 24.4 Å². The summed E-state index contributed by atoms with van der Waals surface area (Å²) < 4.78 is 26.9. The maximum absolute atomic E-state index is 12.6. The Morgan fingerprint density at radius 3 is 2.61 bits per heavy atom. The molecule has 11 heteroatoms. The number of carbonyl (C=O) groups excluding carboxylic acids is 1. The summed E-state index contributed by atoms with van der Waals surface area (Å²) in [5.41, 5.74) is 0.273. The lowest BCUT2D eigenvalue weighted by atomic mass is 10.2. The van der Waals surface area contributed by atoms with Crippen molar-refractivity contribution in [1.29, 1.82) is 0 Å². The van der Waals surface area contributed by atoms with Gasteiger partial charge in [0.1, 0.15) is 4.21 Å². The average Bonchev–Trinajstić information content (AvgIpc) is 3.23. The first-order valence-electron chi connectivity index (χ1n) is 8.72. The van der Waals surface area contributed by atoms with Gasteiger partial charge in [0.25, 0.3) is 21.6 Å². The summed E-state index contributed by atoms with van der Waals surface area (Å²) in [5.74, 6) is -0.259. The fourth-order valence-electron chi connectivity index (χ4n) is 3.12. The highest BCUT2D eigenvalue weighted by Crippen LogP contribution is 2.21. The molecule has 9 nitrogen and oxygen atoms in total. The number of hydrogen-bond donors (Lipinski definition) is 2. The zero-order valence-electron chi connectivity index (χ0n) is 15.2. The van der Waals surface area contributed by atoms with E-state index in [-0.39, 0.29) is 11.6 Å². The maximum atomic E-state index is 12.6. The second-order valence-corrected chi connectivity index (χ2v) is 9.63. The van der Waals surface area contributed by atoms with Gasteiger partial charge in [-0.2, -0.15) is 4.31 Å². The SMILES string of the molecule is C[C@H](C(=O)Nc1cccc([N+](=O)[O-])c1)[NH+]1CCN(S(=O)(=O)c2cccs2)CC1. The average molecular weight is 426 g/mol. The number of nitrogens with zero attached hydrogens (tertiary/aromatic N) is 2. The minimum Gasteiger partial charge on any atom is -0.323 e. The smallest absolute Gasteiger partial charge is 0.282 e. The summed E-state index contributed by atoms with van der Waals surface area (Å²) in [5, 5.41) is 15.3. The topological polar surface area (TPSA) is 114 Å². The van der Waals surface area contributed by atoms with Gasteiger partial charge in [0.15, 0.2) is 6.04 Å². The van der Waals surface area contributed by atoms with Crippen molar-refractivity contribution in [2.24, 2.45) is 0 Å². The molecule has 1 saturated heterocycles. The minimum absolute atomic E-state index is 0.0924. The summed E-state index contributed by atoms with van der Waals surface area (Å²) >= 11 is 1.19. The largest absolute Gasteiger partial charge is 0.323 e. The molecule has 1 aliphatic rings. The summed E-state index contributed by atoms with van der Waals surface area (Å²) in [4.78, 5) is 23.8. The van der Waals surface area contributed by atoms with E-state index in [0.29, 0.717) is 36.1 Å². The van der Waals surface area contributed by atoms with Crippen LogP contribution in [0.4, 0.5) is 11.4 Å². The molecule has 2 heterocycles. The van der Waals surface area contributed by atoms with E-state index < -0.39 is 21.0 Å². The molecule has 0 saturated carbocycles. The van der Waals surface area contributed by atoms with Crippen molar-refractivity contribution in [3.63, 3.8) is 0 Å². The van der Waals surface area contributed by atoms with Crippen LogP contribution in [-0.2, 0) is 14.8 Å². The Morgan fingerprint density at radius 2 is 2.00 bits per heavy atom. The molecule has 0 spiro atoms. The van der Waals surface area contributed by atoms with Crippen LogP contribution in [0.2, 0.25) is 0 Å². The third-order valence-electron chi connectivity index (χ3n) is 4.78. The number of benzene rings is 1.